The number of ether oxygens (including phenoxy) is 2. The van der Waals surface area contributed by atoms with Gasteiger partial charge in [-0.1, -0.05) is 72.8 Å². The molecule has 0 radical (unpaired) electrons. The fourth-order valence-corrected chi connectivity index (χ4v) is 3.76. The molecule has 144 valence electrons. The van der Waals surface area contributed by atoms with Crippen molar-refractivity contribution in [2.45, 2.75) is 38.3 Å². The second kappa shape index (κ2) is 11.8. The molecular formula is C24H30O2S. The van der Waals surface area contributed by atoms with Gasteiger partial charge in [0.2, 0.25) is 0 Å². The number of thioether (sulfide) groups is 1. The van der Waals surface area contributed by atoms with Crippen LogP contribution in [0.4, 0.5) is 0 Å². The zero-order valence-electron chi connectivity index (χ0n) is 16.3. The Bertz CT molecular complexity index is 612. The van der Waals surface area contributed by atoms with Gasteiger partial charge < -0.3 is 9.47 Å². The Hall–Kier alpha value is -1.81. The molecular weight excluding hydrogens is 352 g/mol. The number of rotatable bonds is 12. The van der Waals surface area contributed by atoms with E-state index in [9.17, 15) is 0 Å². The molecule has 0 aliphatic carbocycles. The summed E-state index contributed by atoms with van der Waals surface area (Å²) in [5.74, 6) is 1.82. The first-order valence-electron chi connectivity index (χ1n) is 9.37. The van der Waals surface area contributed by atoms with Gasteiger partial charge in [0.15, 0.2) is 0 Å². The molecule has 0 saturated heterocycles. The van der Waals surface area contributed by atoms with Crippen LogP contribution >= 0.6 is 11.8 Å². The van der Waals surface area contributed by atoms with Gasteiger partial charge in [-0.15, -0.1) is 13.2 Å². The van der Waals surface area contributed by atoms with E-state index in [2.05, 4.69) is 51.3 Å². The predicted molar refractivity (Wildman–Crippen MR) is 117 cm³/mol. The van der Waals surface area contributed by atoms with Gasteiger partial charge in [-0.2, -0.15) is 11.8 Å². The maximum Gasteiger partial charge on any atom is 0.101 e. The first-order valence-corrected chi connectivity index (χ1v) is 10.5. The summed E-state index contributed by atoms with van der Waals surface area (Å²) >= 11 is 1.85. The van der Waals surface area contributed by atoms with Crippen LogP contribution in [-0.4, -0.2) is 23.7 Å². The number of hydrogen-bond donors (Lipinski definition) is 0. The van der Waals surface area contributed by atoms with Gasteiger partial charge >= 0.3 is 0 Å². The molecule has 3 heteroatoms. The zero-order valence-corrected chi connectivity index (χ0v) is 17.1. The quantitative estimate of drug-likeness (QED) is 0.397. The average Bonchev–Trinajstić information content (AvgIpc) is 2.71. The smallest absolute Gasteiger partial charge is 0.101 e. The summed E-state index contributed by atoms with van der Waals surface area (Å²) in [6.45, 7) is 12.0. The van der Waals surface area contributed by atoms with Crippen molar-refractivity contribution in [3.63, 3.8) is 0 Å². The van der Waals surface area contributed by atoms with Crippen LogP contribution in [0.15, 0.2) is 86.0 Å². The molecule has 0 aliphatic heterocycles. The van der Waals surface area contributed by atoms with E-state index in [1.54, 1.807) is 0 Å². The van der Waals surface area contributed by atoms with Crippen molar-refractivity contribution >= 4 is 11.8 Å². The van der Waals surface area contributed by atoms with Crippen molar-refractivity contribution in [1.29, 1.82) is 0 Å². The Morgan fingerprint density at radius 1 is 0.741 bits per heavy atom. The van der Waals surface area contributed by atoms with Crippen LogP contribution < -0.4 is 0 Å². The van der Waals surface area contributed by atoms with Crippen LogP contribution in [0.1, 0.15) is 37.2 Å². The first kappa shape index (κ1) is 21.5. The predicted octanol–water partition coefficient (Wildman–Crippen LogP) is 6.38. The van der Waals surface area contributed by atoms with Crippen LogP contribution in [0, 0.1) is 0 Å². The fraction of sp³-hybridized carbons (Fsp3) is 0.333. The van der Waals surface area contributed by atoms with Gasteiger partial charge in [0.05, 0.1) is 12.2 Å². The summed E-state index contributed by atoms with van der Waals surface area (Å²) in [5.41, 5.74) is 2.27. The Labute approximate surface area is 168 Å². The third kappa shape index (κ3) is 7.37. The molecule has 0 N–H and O–H groups in total. The van der Waals surface area contributed by atoms with Crippen molar-refractivity contribution in [2.75, 3.05) is 11.5 Å². The second-order valence-electron chi connectivity index (χ2n) is 6.56. The van der Waals surface area contributed by atoms with E-state index in [0.29, 0.717) is 0 Å². The highest BCUT2D eigenvalue weighted by molar-refractivity contribution is 7.99. The summed E-state index contributed by atoms with van der Waals surface area (Å²) in [5, 5.41) is 0. The lowest BCUT2D eigenvalue weighted by Crippen LogP contribution is -2.18. The maximum absolute atomic E-state index is 6.14. The van der Waals surface area contributed by atoms with Crippen LogP contribution in [0.3, 0.4) is 0 Å². The molecule has 27 heavy (non-hydrogen) atoms. The Kier molecular flexibility index (Phi) is 9.40. The second-order valence-corrected chi connectivity index (χ2v) is 7.64. The highest BCUT2D eigenvalue weighted by Crippen LogP contribution is 2.24. The molecule has 4 atom stereocenters. The zero-order chi connectivity index (χ0) is 19.5. The minimum Gasteiger partial charge on any atom is -0.366 e. The van der Waals surface area contributed by atoms with E-state index >= 15 is 0 Å². The van der Waals surface area contributed by atoms with E-state index in [0.717, 1.165) is 22.6 Å². The standard InChI is InChI=1S/C24H30O2S/c1-5-23(21-13-9-7-10-14-21)25-19(3)17-27-18-20(4)26-24(6-2)22-15-11-8-12-16-22/h5-16,19-20,23-24H,1-2,17-18H2,3-4H3. The molecule has 0 aliphatic rings. The highest BCUT2D eigenvalue weighted by atomic mass is 32.2. The van der Waals surface area contributed by atoms with Crippen LogP contribution in [0.5, 0.6) is 0 Å². The summed E-state index contributed by atoms with van der Waals surface area (Å²) < 4.78 is 12.3. The molecule has 2 nitrogen and oxygen atoms in total. The van der Waals surface area contributed by atoms with Gasteiger partial charge in [-0.3, -0.25) is 0 Å². The van der Waals surface area contributed by atoms with Crippen molar-refractivity contribution < 1.29 is 9.47 Å². The average molecular weight is 383 g/mol. The number of benzene rings is 2. The highest BCUT2D eigenvalue weighted by Gasteiger charge is 2.15. The minimum atomic E-state index is -0.0706. The minimum absolute atomic E-state index is 0.0706. The lowest BCUT2D eigenvalue weighted by Gasteiger charge is -2.22. The normalized spacial score (nSPS) is 15.5. The third-order valence-corrected chi connectivity index (χ3v) is 5.56. The Morgan fingerprint density at radius 2 is 1.11 bits per heavy atom. The molecule has 0 saturated carbocycles. The van der Waals surface area contributed by atoms with E-state index < -0.39 is 0 Å². The third-order valence-electron chi connectivity index (χ3n) is 4.15. The molecule has 2 rings (SSSR count). The van der Waals surface area contributed by atoms with Gasteiger partial charge in [0, 0.05) is 11.5 Å². The summed E-state index contributed by atoms with van der Waals surface area (Å²) in [6, 6.07) is 20.4. The Morgan fingerprint density at radius 3 is 1.44 bits per heavy atom. The molecule has 0 amide bonds. The van der Waals surface area contributed by atoms with Crippen molar-refractivity contribution in [3.8, 4) is 0 Å². The molecule has 0 heterocycles. The van der Waals surface area contributed by atoms with Crippen molar-refractivity contribution in [2.24, 2.45) is 0 Å². The molecule has 4 unspecified atom stereocenters. The van der Waals surface area contributed by atoms with Gasteiger partial charge in [0.1, 0.15) is 12.2 Å². The summed E-state index contributed by atoms with van der Waals surface area (Å²) in [7, 11) is 0. The lowest BCUT2D eigenvalue weighted by atomic mass is 10.1. The topological polar surface area (TPSA) is 18.5 Å². The van der Waals surface area contributed by atoms with Crippen LogP contribution in [0.2, 0.25) is 0 Å². The van der Waals surface area contributed by atoms with Crippen LogP contribution in [0.25, 0.3) is 0 Å². The van der Waals surface area contributed by atoms with Crippen molar-refractivity contribution in [1.82, 2.24) is 0 Å². The number of hydrogen-bond acceptors (Lipinski definition) is 3. The van der Waals surface area contributed by atoms with Crippen molar-refractivity contribution in [3.05, 3.63) is 97.1 Å². The van der Waals surface area contributed by atoms with E-state index in [4.69, 9.17) is 9.47 Å². The van der Waals surface area contributed by atoms with E-state index in [1.165, 1.54) is 0 Å². The first-order chi connectivity index (χ1) is 13.1. The molecule has 0 bridgehead atoms. The van der Waals surface area contributed by atoms with Gasteiger partial charge in [-0.05, 0) is 25.0 Å². The van der Waals surface area contributed by atoms with E-state index in [1.807, 2.05) is 60.3 Å². The lowest BCUT2D eigenvalue weighted by molar-refractivity contribution is 0.0348. The molecule has 0 aromatic heterocycles. The molecule has 0 spiro atoms. The molecule has 0 fully saturated rings. The molecule has 2 aromatic rings. The SMILES string of the molecule is C=CC(OC(C)CSCC(C)OC(C=C)c1ccccc1)c1ccccc1. The van der Waals surface area contributed by atoms with Crippen LogP contribution in [-0.2, 0) is 9.47 Å². The maximum atomic E-state index is 6.14. The largest absolute Gasteiger partial charge is 0.366 e. The summed E-state index contributed by atoms with van der Waals surface area (Å²) in [6.07, 6.45) is 3.84. The van der Waals surface area contributed by atoms with E-state index in [-0.39, 0.29) is 24.4 Å². The monoisotopic (exact) mass is 382 g/mol. The Balaban J connectivity index is 1.74. The summed E-state index contributed by atoms with van der Waals surface area (Å²) in [4.78, 5) is 0. The van der Waals surface area contributed by atoms with Gasteiger partial charge in [0.25, 0.3) is 0 Å². The molecule has 2 aromatic carbocycles. The van der Waals surface area contributed by atoms with Gasteiger partial charge in [-0.25, -0.2) is 0 Å². The fourth-order valence-electron chi connectivity index (χ4n) is 2.80.